The first-order valence-electron chi connectivity index (χ1n) is 5.97. The van der Waals surface area contributed by atoms with Gasteiger partial charge in [-0.05, 0) is 37.5 Å². The van der Waals surface area contributed by atoms with Crippen LogP contribution in [0.25, 0.3) is 0 Å². The zero-order valence-electron chi connectivity index (χ0n) is 9.31. The molecule has 0 radical (unpaired) electrons. The van der Waals surface area contributed by atoms with Crippen molar-refractivity contribution in [1.82, 2.24) is 0 Å². The lowest BCUT2D eigenvalue weighted by Gasteiger charge is -2.24. The Labute approximate surface area is 83.4 Å². The van der Waals surface area contributed by atoms with Crippen molar-refractivity contribution < 1.29 is 0 Å². The molecule has 1 fully saturated rings. The Bertz CT molecular complexity index is 151. The maximum atomic E-state index is 4.26. The average molecular weight is 180 g/mol. The van der Waals surface area contributed by atoms with Crippen molar-refractivity contribution in [3.05, 3.63) is 12.2 Å². The number of hydrogen-bond donors (Lipinski definition) is 0. The average Bonchev–Trinajstić information content (AvgIpc) is 2.59. The molecule has 0 nitrogen and oxygen atoms in total. The minimum Gasteiger partial charge on any atom is -0.0996 e. The van der Waals surface area contributed by atoms with E-state index in [4.69, 9.17) is 0 Å². The zero-order chi connectivity index (χ0) is 9.68. The maximum absolute atomic E-state index is 4.26. The van der Waals surface area contributed by atoms with Crippen molar-refractivity contribution in [1.29, 1.82) is 0 Å². The molecule has 0 heterocycles. The first kappa shape index (κ1) is 10.8. The fraction of sp³-hybridized carbons (Fsp3) is 0.846. The molecule has 0 heteroatoms. The minimum atomic E-state index is 0.836. The van der Waals surface area contributed by atoms with E-state index in [-0.39, 0.29) is 0 Å². The summed E-state index contributed by atoms with van der Waals surface area (Å²) in [5, 5.41) is 0. The van der Waals surface area contributed by atoms with Crippen molar-refractivity contribution in [2.75, 3.05) is 0 Å². The van der Waals surface area contributed by atoms with Crippen LogP contribution in [0.3, 0.4) is 0 Å². The molecule has 0 amide bonds. The Balaban J connectivity index is 2.44. The third kappa shape index (κ3) is 2.86. The van der Waals surface area contributed by atoms with Crippen molar-refractivity contribution in [3.8, 4) is 0 Å². The van der Waals surface area contributed by atoms with Gasteiger partial charge in [0.05, 0.1) is 0 Å². The van der Waals surface area contributed by atoms with E-state index in [1.807, 2.05) is 0 Å². The molecule has 0 N–H and O–H groups in total. The van der Waals surface area contributed by atoms with Crippen LogP contribution in [-0.2, 0) is 0 Å². The van der Waals surface area contributed by atoms with Crippen LogP contribution in [0.15, 0.2) is 12.2 Å². The van der Waals surface area contributed by atoms with Gasteiger partial charge in [-0.1, -0.05) is 45.3 Å². The monoisotopic (exact) mass is 180 g/mol. The van der Waals surface area contributed by atoms with Gasteiger partial charge in [0.2, 0.25) is 0 Å². The highest BCUT2D eigenvalue weighted by Gasteiger charge is 2.24. The fourth-order valence-electron chi connectivity index (χ4n) is 2.82. The second-order valence-electron chi connectivity index (χ2n) is 4.47. The van der Waals surface area contributed by atoms with E-state index >= 15 is 0 Å². The van der Waals surface area contributed by atoms with E-state index in [0.717, 1.165) is 11.8 Å². The van der Waals surface area contributed by atoms with Crippen molar-refractivity contribution in [2.24, 2.45) is 11.8 Å². The minimum absolute atomic E-state index is 0.836. The lowest BCUT2D eigenvalue weighted by atomic mass is 9.82. The highest BCUT2D eigenvalue weighted by molar-refractivity contribution is 5.03. The van der Waals surface area contributed by atoms with E-state index in [0.29, 0.717) is 0 Å². The summed E-state index contributed by atoms with van der Waals surface area (Å²) in [4.78, 5) is 0. The Hall–Kier alpha value is -0.260. The third-order valence-electron chi connectivity index (χ3n) is 3.50. The molecule has 1 aliphatic carbocycles. The van der Waals surface area contributed by atoms with Crippen LogP contribution in [0.1, 0.15) is 58.8 Å². The first-order valence-corrected chi connectivity index (χ1v) is 5.97. The summed E-state index contributed by atoms with van der Waals surface area (Å²) in [5.41, 5.74) is 1.52. The molecule has 0 spiro atoms. The standard InChI is InChI=1S/C13H24/c1-4-8-11(3)13(5-2)12-9-6-7-10-12/h12-13H,3-10H2,1-2H3. The summed E-state index contributed by atoms with van der Waals surface area (Å²) in [7, 11) is 0. The Kier molecular flexibility index (Phi) is 4.55. The smallest absolute Gasteiger partial charge is 0.0180 e. The van der Waals surface area contributed by atoms with Crippen molar-refractivity contribution >= 4 is 0 Å². The molecular weight excluding hydrogens is 156 g/mol. The van der Waals surface area contributed by atoms with Crippen LogP contribution in [0.4, 0.5) is 0 Å². The van der Waals surface area contributed by atoms with Crippen LogP contribution in [-0.4, -0.2) is 0 Å². The first-order chi connectivity index (χ1) is 6.29. The van der Waals surface area contributed by atoms with Gasteiger partial charge in [-0.2, -0.15) is 0 Å². The van der Waals surface area contributed by atoms with Crippen LogP contribution in [0, 0.1) is 11.8 Å². The molecule has 1 aliphatic rings. The van der Waals surface area contributed by atoms with Gasteiger partial charge in [-0.15, -0.1) is 0 Å². The molecule has 1 atom stereocenters. The van der Waals surface area contributed by atoms with Crippen molar-refractivity contribution in [3.63, 3.8) is 0 Å². The molecule has 0 aromatic rings. The summed E-state index contributed by atoms with van der Waals surface area (Å²) in [6.07, 6.45) is 9.66. The van der Waals surface area contributed by atoms with E-state index < -0.39 is 0 Å². The highest BCUT2D eigenvalue weighted by Crippen LogP contribution is 2.37. The van der Waals surface area contributed by atoms with Gasteiger partial charge < -0.3 is 0 Å². The molecule has 76 valence electrons. The molecule has 1 unspecified atom stereocenters. The molecule has 1 saturated carbocycles. The van der Waals surface area contributed by atoms with E-state index in [1.165, 1.54) is 50.5 Å². The molecule has 0 aromatic heterocycles. The molecular formula is C13H24. The molecule has 0 aromatic carbocycles. The number of allylic oxidation sites excluding steroid dienone is 1. The van der Waals surface area contributed by atoms with Crippen LogP contribution < -0.4 is 0 Å². The summed E-state index contributed by atoms with van der Waals surface area (Å²) in [6, 6.07) is 0. The van der Waals surface area contributed by atoms with Crippen LogP contribution in [0.5, 0.6) is 0 Å². The van der Waals surface area contributed by atoms with Gasteiger partial charge in [-0.25, -0.2) is 0 Å². The molecule has 13 heavy (non-hydrogen) atoms. The third-order valence-corrected chi connectivity index (χ3v) is 3.50. The largest absolute Gasteiger partial charge is 0.0996 e. The van der Waals surface area contributed by atoms with E-state index in [1.54, 1.807) is 0 Å². The van der Waals surface area contributed by atoms with Gasteiger partial charge in [0.15, 0.2) is 0 Å². The molecule has 1 rings (SSSR count). The van der Waals surface area contributed by atoms with E-state index in [9.17, 15) is 0 Å². The maximum Gasteiger partial charge on any atom is -0.0180 e. The number of rotatable bonds is 5. The van der Waals surface area contributed by atoms with Crippen molar-refractivity contribution in [2.45, 2.75) is 58.8 Å². The highest BCUT2D eigenvalue weighted by atomic mass is 14.3. The van der Waals surface area contributed by atoms with Crippen LogP contribution in [0.2, 0.25) is 0 Å². The van der Waals surface area contributed by atoms with Gasteiger partial charge in [0.25, 0.3) is 0 Å². The van der Waals surface area contributed by atoms with Gasteiger partial charge in [0.1, 0.15) is 0 Å². The molecule has 0 bridgehead atoms. The Morgan fingerprint density at radius 3 is 2.38 bits per heavy atom. The lowest BCUT2D eigenvalue weighted by molar-refractivity contribution is 0.369. The normalized spacial score (nSPS) is 20.5. The summed E-state index contributed by atoms with van der Waals surface area (Å²) in [6.45, 7) is 8.84. The predicted octanol–water partition coefficient (Wildman–Crippen LogP) is 4.56. The summed E-state index contributed by atoms with van der Waals surface area (Å²) >= 11 is 0. The predicted molar refractivity (Wildman–Crippen MR) is 59.8 cm³/mol. The second-order valence-corrected chi connectivity index (χ2v) is 4.47. The molecule has 0 saturated heterocycles. The van der Waals surface area contributed by atoms with E-state index in [2.05, 4.69) is 20.4 Å². The fourth-order valence-corrected chi connectivity index (χ4v) is 2.82. The molecule has 0 aliphatic heterocycles. The SMILES string of the molecule is C=C(CCC)C(CC)C1CCCC1. The summed E-state index contributed by atoms with van der Waals surface area (Å²) in [5.74, 6) is 1.81. The van der Waals surface area contributed by atoms with Gasteiger partial charge in [-0.3, -0.25) is 0 Å². The zero-order valence-corrected chi connectivity index (χ0v) is 9.31. The second kappa shape index (κ2) is 5.47. The topological polar surface area (TPSA) is 0 Å². The van der Waals surface area contributed by atoms with Gasteiger partial charge in [0, 0.05) is 0 Å². The lowest BCUT2D eigenvalue weighted by Crippen LogP contribution is -2.12. The van der Waals surface area contributed by atoms with Crippen LogP contribution >= 0.6 is 0 Å². The Morgan fingerprint density at radius 1 is 1.31 bits per heavy atom. The Morgan fingerprint density at radius 2 is 1.92 bits per heavy atom. The summed E-state index contributed by atoms with van der Waals surface area (Å²) < 4.78 is 0. The number of hydrogen-bond acceptors (Lipinski definition) is 0. The quantitative estimate of drug-likeness (QED) is 0.544. The van der Waals surface area contributed by atoms with Gasteiger partial charge >= 0.3 is 0 Å².